The fourth-order valence-electron chi connectivity index (χ4n) is 2.33. The Labute approximate surface area is 160 Å². The van der Waals surface area contributed by atoms with Gasteiger partial charge in [-0.1, -0.05) is 23.7 Å². The minimum absolute atomic E-state index is 0.181. The van der Waals surface area contributed by atoms with Gasteiger partial charge in [0.25, 0.3) is 0 Å². The maximum Gasteiger partial charge on any atom is 0.337 e. The lowest BCUT2D eigenvalue weighted by Gasteiger charge is -2.22. The quantitative estimate of drug-likeness (QED) is 0.767. The first-order chi connectivity index (χ1) is 12.8. The average molecular weight is 393 g/mol. The molecule has 0 aliphatic rings. The minimum Gasteiger partial charge on any atom is -0.465 e. The maximum atomic E-state index is 12.9. The standard InChI is InChI=1S/C19H18ClFN2O4/c1-12(24)23(17-9-14(19(26)27-2)5-8-16(17)20)11-18(25)22-10-13-3-6-15(21)7-4-13/h3-9H,10-11H2,1-2H3,(H,22,25). The van der Waals surface area contributed by atoms with Crippen molar-refractivity contribution in [3.8, 4) is 0 Å². The van der Waals surface area contributed by atoms with Gasteiger partial charge in [0.05, 0.1) is 23.4 Å². The van der Waals surface area contributed by atoms with Crippen LogP contribution < -0.4 is 10.2 Å². The third-order valence-electron chi connectivity index (χ3n) is 3.74. The van der Waals surface area contributed by atoms with E-state index < -0.39 is 17.8 Å². The van der Waals surface area contributed by atoms with Gasteiger partial charge in [-0.2, -0.15) is 0 Å². The van der Waals surface area contributed by atoms with Gasteiger partial charge in [-0.25, -0.2) is 9.18 Å². The molecule has 0 saturated carbocycles. The highest BCUT2D eigenvalue weighted by Crippen LogP contribution is 2.27. The van der Waals surface area contributed by atoms with Crippen LogP contribution in [0.1, 0.15) is 22.8 Å². The van der Waals surface area contributed by atoms with Crippen molar-refractivity contribution in [3.05, 3.63) is 64.4 Å². The average Bonchev–Trinajstić information content (AvgIpc) is 2.65. The van der Waals surface area contributed by atoms with Gasteiger partial charge in [-0.15, -0.1) is 0 Å². The Balaban J connectivity index is 2.13. The summed E-state index contributed by atoms with van der Waals surface area (Å²) in [5.74, 6) is -1.81. The van der Waals surface area contributed by atoms with Gasteiger partial charge < -0.3 is 15.0 Å². The molecule has 142 valence electrons. The van der Waals surface area contributed by atoms with Crippen LogP contribution in [0, 0.1) is 5.82 Å². The molecule has 0 atom stereocenters. The Bertz CT molecular complexity index is 855. The second-order valence-corrected chi connectivity index (χ2v) is 6.07. The predicted molar refractivity (Wildman–Crippen MR) is 99.1 cm³/mol. The highest BCUT2D eigenvalue weighted by molar-refractivity contribution is 6.34. The minimum atomic E-state index is -0.586. The van der Waals surface area contributed by atoms with Crippen molar-refractivity contribution >= 4 is 35.1 Å². The SMILES string of the molecule is COC(=O)c1ccc(Cl)c(N(CC(=O)NCc2ccc(F)cc2)C(C)=O)c1. The molecule has 27 heavy (non-hydrogen) atoms. The molecule has 0 aromatic heterocycles. The number of carbonyl (C=O) groups is 3. The zero-order valence-corrected chi connectivity index (χ0v) is 15.5. The van der Waals surface area contributed by atoms with E-state index in [-0.39, 0.29) is 35.2 Å². The molecule has 0 aliphatic carbocycles. The molecular formula is C19H18ClFN2O4. The van der Waals surface area contributed by atoms with Gasteiger partial charge in [-0.05, 0) is 35.9 Å². The number of halogens is 2. The van der Waals surface area contributed by atoms with Crippen molar-refractivity contribution < 1.29 is 23.5 Å². The van der Waals surface area contributed by atoms with Gasteiger partial charge >= 0.3 is 5.97 Å². The Hall–Kier alpha value is -2.93. The first kappa shape index (κ1) is 20.4. The third kappa shape index (κ3) is 5.52. The van der Waals surface area contributed by atoms with Gasteiger partial charge in [-0.3, -0.25) is 9.59 Å². The first-order valence-corrected chi connectivity index (χ1v) is 8.36. The molecule has 2 amide bonds. The molecular weight excluding hydrogens is 375 g/mol. The Morgan fingerprint density at radius 2 is 1.81 bits per heavy atom. The Morgan fingerprint density at radius 1 is 1.15 bits per heavy atom. The van der Waals surface area contributed by atoms with Gasteiger partial charge in [0, 0.05) is 13.5 Å². The number of rotatable bonds is 6. The van der Waals surface area contributed by atoms with Gasteiger partial charge in [0.2, 0.25) is 11.8 Å². The zero-order valence-electron chi connectivity index (χ0n) is 14.8. The number of esters is 1. The number of hydrogen-bond acceptors (Lipinski definition) is 4. The molecule has 0 unspecified atom stereocenters. The number of carbonyl (C=O) groups excluding carboxylic acids is 3. The van der Waals surface area contributed by atoms with Crippen molar-refractivity contribution in [2.45, 2.75) is 13.5 Å². The number of ether oxygens (including phenoxy) is 1. The highest BCUT2D eigenvalue weighted by Gasteiger charge is 2.20. The van der Waals surface area contributed by atoms with Crippen LogP contribution >= 0.6 is 11.6 Å². The van der Waals surface area contributed by atoms with E-state index in [9.17, 15) is 18.8 Å². The largest absolute Gasteiger partial charge is 0.465 e. The van der Waals surface area contributed by atoms with Crippen molar-refractivity contribution in [3.63, 3.8) is 0 Å². The summed E-state index contributed by atoms with van der Waals surface area (Å²) in [7, 11) is 1.24. The lowest BCUT2D eigenvalue weighted by atomic mass is 10.2. The lowest BCUT2D eigenvalue weighted by Crippen LogP contribution is -2.39. The number of nitrogens with zero attached hydrogens (tertiary/aromatic N) is 1. The molecule has 0 saturated heterocycles. The van der Waals surface area contributed by atoms with Crippen LogP contribution in [-0.4, -0.2) is 31.4 Å². The molecule has 8 heteroatoms. The monoisotopic (exact) mass is 392 g/mol. The number of anilines is 1. The van der Waals surface area contributed by atoms with Crippen LogP contribution in [0.5, 0.6) is 0 Å². The lowest BCUT2D eigenvalue weighted by molar-refractivity contribution is -0.123. The van der Waals surface area contributed by atoms with Gasteiger partial charge in [0.1, 0.15) is 12.4 Å². The normalized spacial score (nSPS) is 10.2. The zero-order chi connectivity index (χ0) is 20.0. The molecule has 2 aromatic carbocycles. The molecule has 0 heterocycles. The van der Waals surface area contributed by atoms with Crippen LogP contribution in [0.2, 0.25) is 5.02 Å². The van der Waals surface area contributed by atoms with E-state index in [1.165, 1.54) is 44.4 Å². The van der Waals surface area contributed by atoms with Crippen molar-refractivity contribution in [2.75, 3.05) is 18.6 Å². The first-order valence-electron chi connectivity index (χ1n) is 7.99. The van der Waals surface area contributed by atoms with E-state index in [0.29, 0.717) is 5.56 Å². The summed E-state index contributed by atoms with van der Waals surface area (Å²) in [6.07, 6.45) is 0. The summed E-state index contributed by atoms with van der Waals surface area (Å²) in [5.41, 5.74) is 1.14. The van der Waals surface area contributed by atoms with E-state index in [2.05, 4.69) is 10.1 Å². The van der Waals surface area contributed by atoms with Gasteiger partial charge in [0.15, 0.2) is 0 Å². The molecule has 0 bridgehead atoms. The van der Waals surface area contributed by atoms with E-state index >= 15 is 0 Å². The second-order valence-electron chi connectivity index (χ2n) is 5.67. The van der Waals surface area contributed by atoms with Crippen LogP contribution in [0.4, 0.5) is 10.1 Å². The third-order valence-corrected chi connectivity index (χ3v) is 4.06. The molecule has 2 aromatic rings. The van der Waals surface area contributed by atoms with Crippen molar-refractivity contribution in [2.24, 2.45) is 0 Å². The summed E-state index contributed by atoms with van der Waals surface area (Å²) in [5, 5.41) is 2.86. The number of methoxy groups -OCH3 is 1. The number of amides is 2. The summed E-state index contributed by atoms with van der Waals surface area (Å²) in [6.45, 7) is 1.18. The summed E-state index contributed by atoms with van der Waals surface area (Å²) < 4.78 is 17.6. The van der Waals surface area contributed by atoms with Crippen LogP contribution in [0.25, 0.3) is 0 Å². The highest BCUT2D eigenvalue weighted by atomic mass is 35.5. The predicted octanol–water partition coefficient (Wildman–Crippen LogP) is 2.94. The molecule has 0 fully saturated rings. The van der Waals surface area contributed by atoms with Crippen LogP contribution in [0.3, 0.4) is 0 Å². The van der Waals surface area contributed by atoms with E-state index in [4.69, 9.17) is 11.6 Å². The summed E-state index contributed by atoms with van der Waals surface area (Å²) >= 11 is 6.14. The topological polar surface area (TPSA) is 75.7 Å². The van der Waals surface area contributed by atoms with Crippen molar-refractivity contribution in [1.82, 2.24) is 5.32 Å². The smallest absolute Gasteiger partial charge is 0.337 e. The summed E-state index contributed by atoms with van der Waals surface area (Å²) in [4.78, 5) is 37.1. The number of nitrogens with one attached hydrogen (secondary N) is 1. The molecule has 6 nitrogen and oxygen atoms in total. The maximum absolute atomic E-state index is 12.9. The summed E-state index contributed by atoms with van der Waals surface area (Å²) in [6, 6.07) is 10.00. The van der Waals surface area contributed by atoms with Crippen LogP contribution in [-0.2, 0) is 20.9 Å². The molecule has 1 N–H and O–H groups in total. The van der Waals surface area contributed by atoms with E-state index in [0.717, 1.165) is 4.90 Å². The number of benzene rings is 2. The van der Waals surface area contributed by atoms with E-state index in [1.807, 2.05) is 0 Å². The molecule has 0 spiro atoms. The Morgan fingerprint density at radius 3 is 2.41 bits per heavy atom. The number of hydrogen-bond donors (Lipinski definition) is 1. The molecule has 0 aliphatic heterocycles. The van der Waals surface area contributed by atoms with Crippen LogP contribution in [0.15, 0.2) is 42.5 Å². The van der Waals surface area contributed by atoms with Crippen molar-refractivity contribution in [1.29, 1.82) is 0 Å². The fourth-order valence-corrected chi connectivity index (χ4v) is 2.55. The fraction of sp³-hybridized carbons (Fsp3) is 0.211. The van der Waals surface area contributed by atoms with E-state index in [1.54, 1.807) is 12.1 Å². The molecule has 2 rings (SSSR count). The molecule has 0 radical (unpaired) electrons. The second kappa shape index (κ2) is 9.14. The Kier molecular flexibility index (Phi) is 6.90.